The third-order valence-electron chi connectivity index (χ3n) is 4.68. The molecule has 3 nitrogen and oxygen atoms in total. The average molecular weight is 245 g/mol. The van der Waals surface area contributed by atoms with Crippen LogP contribution in [0, 0.1) is 5.92 Å². The maximum absolute atomic E-state index is 5.45. The molecular weight excluding hydrogens is 226 g/mol. The smallest absolute Gasteiger partial charge is 0.231 e. The van der Waals surface area contributed by atoms with E-state index in [1.165, 1.54) is 37.9 Å². The number of fused-ring (bicyclic) bond motifs is 4. The van der Waals surface area contributed by atoms with Crippen LogP contribution < -0.4 is 9.47 Å². The van der Waals surface area contributed by atoms with Crippen LogP contribution in [0.4, 0.5) is 0 Å². The maximum atomic E-state index is 5.45. The molecule has 3 saturated heterocycles. The van der Waals surface area contributed by atoms with Crippen molar-refractivity contribution in [3.63, 3.8) is 0 Å². The van der Waals surface area contributed by atoms with Crippen LogP contribution in [0.2, 0.25) is 0 Å². The maximum Gasteiger partial charge on any atom is 0.231 e. The number of nitrogens with zero attached hydrogens (tertiary/aromatic N) is 1. The fourth-order valence-electron chi connectivity index (χ4n) is 3.64. The Balaban J connectivity index is 1.51. The van der Waals surface area contributed by atoms with Gasteiger partial charge in [0, 0.05) is 6.04 Å². The molecule has 0 aromatic heterocycles. The van der Waals surface area contributed by atoms with Crippen LogP contribution in [0.15, 0.2) is 18.2 Å². The first-order valence-corrected chi connectivity index (χ1v) is 7.01. The van der Waals surface area contributed by atoms with Crippen LogP contribution in [-0.4, -0.2) is 30.8 Å². The summed E-state index contributed by atoms with van der Waals surface area (Å²) in [6, 6.07) is 7.15. The fourth-order valence-corrected chi connectivity index (χ4v) is 3.64. The van der Waals surface area contributed by atoms with Crippen LogP contribution >= 0.6 is 0 Å². The van der Waals surface area contributed by atoms with E-state index in [9.17, 15) is 0 Å². The van der Waals surface area contributed by atoms with Crippen LogP contribution in [0.5, 0.6) is 11.5 Å². The van der Waals surface area contributed by atoms with Gasteiger partial charge in [0.05, 0.1) is 0 Å². The minimum absolute atomic E-state index is 0.371. The van der Waals surface area contributed by atoms with Crippen molar-refractivity contribution in [1.29, 1.82) is 0 Å². The third-order valence-corrected chi connectivity index (χ3v) is 4.68. The minimum atomic E-state index is 0.371. The molecule has 96 valence electrons. The number of hydrogen-bond acceptors (Lipinski definition) is 3. The van der Waals surface area contributed by atoms with Crippen LogP contribution in [0.1, 0.15) is 24.8 Å². The predicted molar refractivity (Wildman–Crippen MR) is 69.0 cm³/mol. The van der Waals surface area contributed by atoms with Crippen molar-refractivity contribution in [2.45, 2.75) is 31.7 Å². The quantitative estimate of drug-likeness (QED) is 0.799. The lowest BCUT2D eigenvalue weighted by molar-refractivity contribution is 0.0498. The molecule has 18 heavy (non-hydrogen) atoms. The predicted octanol–water partition coefficient (Wildman–Crippen LogP) is 2.44. The van der Waals surface area contributed by atoms with Gasteiger partial charge in [0.2, 0.25) is 6.79 Å². The van der Waals surface area contributed by atoms with E-state index in [2.05, 4.69) is 17.0 Å². The Bertz CT molecular complexity index is 452. The summed E-state index contributed by atoms with van der Waals surface area (Å²) in [5.41, 5.74) is 1.39. The van der Waals surface area contributed by atoms with Gasteiger partial charge < -0.3 is 14.4 Å². The molecule has 0 N–H and O–H groups in total. The summed E-state index contributed by atoms with van der Waals surface area (Å²) in [5, 5.41) is 0. The summed E-state index contributed by atoms with van der Waals surface area (Å²) in [5.74, 6) is 2.79. The zero-order valence-corrected chi connectivity index (χ0v) is 10.6. The van der Waals surface area contributed by atoms with Crippen molar-refractivity contribution in [3.05, 3.63) is 23.8 Å². The van der Waals surface area contributed by atoms with Gasteiger partial charge >= 0.3 is 0 Å². The Morgan fingerprint density at radius 2 is 1.94 bits per heavy atom. The molecule has 0 radical (unpaired) electrons. The molecule has 3 fully saturated rings. The van der Waals surface area contributed by atoms with Crippen LogP contribution in [0.3, 0.4) is 0 Å². The van der Waals surface area contributed by atoms with Crippen molar-refractivity contribution in [2.75, 3.05) is 19.9 Å². The second-order valence-corrected chi connectivity index (χ2v) is 5.76. The molecule has 0 amide bonds. The van der Waals surface area contributed by atoms with Crippen LogP contribution in [-0.2, 0) is 6.42 Å². The second-order valence-electron chi connectivity index (χ2n) is 5.76. The third kappa shape index (κ3) is 1.77. The van der Waals surface area contributed by atoms with Gasteiger partial charge in [-0.25, -0.2) is 0 Å². The highest BCUT2D eigenvalue weighted by molar-refractivity contribution is 5.44. The zero-order chi connectivity index (χ0) is 11.9. The lowest BCUT2D eigenvalue weighted by atomic mass is 9.81. The lowest BCUT2D eigenvalue weighted by Crippen LogP contribution is -2.49. The molecule has 0 spiro atoms. The molecule has 4 aliphatic heterocycles. The first kappa shape index (κ1) is 10.7. The summed E-state index contributed by atoms with van der Waals surface area (Å²) in [6.45, 7) is 2.98. The standard InChI is InChI=1S/C15H19NO2/c1-2-14-15(18-10-17-14)9-12(1)8-13-7-11-3-5-16(13)6-4-11/h1-2,9,11,13H,3-8,10H2. The molecule has 3 heteroatoms. The van der Waals surface area contributed by atoms with E-state index in [1.807, 2.05) is 6.07 Å². The average Bonchev–Trinajstić information content (AvgIpc) is 2.87. The summed E-state index contributed by atoms with van der Waals surface area (Å²) in [4.78, 5) is 2.67. The summed E-state index contributed by atoms with van der Waals surface area (Å²) in [7, 11) is 0. The SMILES string of the molecule is c1cc2c(cc1CC1CC3CCN1CC3)OCO2. The molecule has 4 aliphatic rings. The molecule has 0 saturated carbocycles. The van der Waals surface area contributed by atoms with Crippen molar-refractivity contribution >= 4 is 0 Å². The van der Waals surface area contributed by atoms with Gasteiger partial charge in [0.25, 0.3) is 0 Å². The summed E-state index contributed by atoms with van der Waals surface area (Å²) in [6.07, 6.45) is 5.37. The molecular formula is C15H19NO2. The van der Waals surface area contributed by atoms with Crippen molar-refractivity contribution in [1.82, 2.24) is 4.90 Å². The Labute approximate surface area is 108 Å². The largest absolute Gasteiger partial charge is 0.454 e. The van der Waals surface area contributed by atoms with E-state index in [4.69, 9.17) is 9.47 Å². The normalized spacial score (nSPS) is 32.8. The molecule has 4 heterocycles. The Kier molecular flexibility index (Phi) is 2.47. The number of hydrogen-bond donors (Lipinski definition) is 0. The van der Waals surface area contributed by atoms with E-state index >= 15 is 0 Å². The zero-order valence-electron chi connectivity index (χ0n) is 10.6. The van der Waals surface area contributed by atoms with Gasteiger partial charge in [-0.2, -0.15) is 0 Å². The Morgan fingerprint density at radius 1 is 1.11 bits per heavy atom. The Morgan fingerprint density at radius 3 is 2.72 bits per heavy atom. The van der Waals surface area contributed by atoms with Gasteiger partial charge in [-0.15, -0.1) is 0 Å². The van der Waals surface area contributed by atoms with E-state index in [-0.39, 0.29) is 0 Å². The summed E-state index contributed by atoms with van der Waals surface area (Å²) >= 11 is 0. The molecule has 2 bridgehead atoms. The van der Waals surface area contributed by atoms with Crippen molar-refractivity contribution < 1.29 is 9.47 Å². The molecule has 1 aromatic carbocycles. The summed E-state index contributed by atoms with van der Waals surface area (Å²) < 4.78 is 10.8. The minimum Gasteiger partial charge on any atom is -0.454 e. The first-order valence-electron chi connectivity index (χ1n) is 7.01. The first-order chi connectivity index (χ1) is 8.88. The van der Waals surface area contributed by atoms with E-state index in [0.717, 1.165) is 29.9 Å². The highest BCUT2D eigenvalue weighted by Crippen LogP contribution is 2.36. The van der Waals surface area contributed by atoms with Gasteiger partial charge in [-0.1, -0.05) is 6.07 Å². The highest BCUT2D eigenvalue weighted by Gasteiger charge is 2.33. The number of rotatable bonds is 2. The number of piperidine rings is 3. The van der Waals surface area contributed by atoms with E-state index in [0.29, 0.717) is 6.79 Å². The van der Waals surface area contributed by atoms with E-state index < -0.39 is 0 Å². The van der Waals surface area contributed by atoms with Gasteiger partial charge in [0.15, 0.2) is 11.5 Å². The lowest BCUT2D eigenvalue weighted by Gasteiger charge is -2.45. The number of benzene rings is 1. The second kappa shape index (κ2) is 4.16. The van der Waals surface area contributed by atoms with Gasteiger partial charge in [-0.05, 0) is 62.4 Å². The molecule has 1 atom stereocenters. The molecule has 5 rings (SSSR count). The highest BCUT2D eigenvalue weighted by atomic mass is 16.7. The van der Waals surface area contributed by atoms with E-state index in [1.54, 1.807) is 0 Å². The topological polar surface area (TPSA) is 21.7 Å². The molecule has 0 aliphatic carbocycles. The number of ether oxygens (including phenoxy) is 2. The van der Waals surface area contributed by atoms with Gasteiger partial charge in [-0.3, -0.25) is 0 Å². The van der Waals surface area contributed by atoms with Crippen molar-refractivity contribution in [3.8, 4) is 11.5 Å². The van der Waals surface area contributed by atoms with Gasteiger partial charge in [0.1, 0.15) is 0 Å². The molecule has 1 aromatic rings. The fraction of sp³-hybridized carbons (Fsp3) is 0.600. The Hall–Kier alpha value is -1.22. The monoisotopic (exact) mass is 245 g/mol. The van der Waals surface area contributed by atoms with Crippen LogP contribution in [0.25, 0.3) is 0 Å². The molecule has 1 unspecified atom stereocenters. The van der Waals surface area contributed by atoms with Crippen molar-refractivity contribution in [2.24, 2.45) is 5.92 Å².